The molecule has 0 bridgehead atoms. The Morgan fingerprint density at radius 1 is 1.12 bits per heavy atom. The maximum Gasteiger partial charge on any atom is 0.265 e. The minimum Gasteiger partial charge on any atom is -0.323 e. The molecule has 1 aliphatic rings. The molecule has 132 valence electrons. The van der Waals surface area contributed by atoms with Crippen LogP contribution in [0.15, 0.2) is 42.5 Å². The van der Waals surface area contributed by atoms with Gasteiger partial charge in [-0.25, -0.2) is 9.78 Å². The Kier molecular flexibility index (Phi) is 4.62. The van der Waals surface area contributed by atoms with Gasteiger partial charge in [-0.2, -0.15) is 0 Å². The summed E-state index contributed by atoms with van der Waals surface area (Å²) in [5, 5.41) is 3.43. The Morgan fingerprint density at radius 2 is 1.80 bits per heavy atom. The van der Waals surface area contributed by atoms with Crippen molar-refractivity contribution in [2.75, 3.05) is 5.32 Å². The van der Waals surface area contributed by atoms with Gasteiger partial charge in [0.15, 0.2) is 0 Å². The van der Waals surface area contributed by atoms with E-state index in [1.165, 1.54) is 0 Å². The number of amides is 1. The number of aryl methyl sites for hydroxylation is 1. The quantitative estimate of drug-likeness (QED) is 0.631. The molecule has 1 unspecified atom stereocenters. The normalized spacial score (nSPS) is 19.6. The Balaban J connectivity index is 2.03. The summed E-state index contributed by atoms with van der Waals surface area (Å²) in [5.74, 6) is -0.255. The molecule has 0 aromatic heterocycles. The second-order valence-electron chi connectivity index (χ2n) is 7.41. The molecule has 4 nitrogen and oxygen atoms in total. The molecule has 0 radical (unpaired) electrons. The lowest BCUT2D eigenvalue weighted by molar-refractivity contribution is -0.396. The van der Waals surface area contributed by atoms with Gasteiger partial charge in [0.25, 0.3) is 5.91 Å². The molecule has 3 rings (SSSR count). The third kappa shape index (κ3) is 3.71. The predicted octanol–water partition coefficient (Wildman–Crippen LogP) is 4.79. The average Bonchev–Trinajstić information content (AvgIpc) is 2.78. The van der Waals surface area contributed by atoms with Crippen LogP contribution in [0.25, 0.3) is 0 Å². The number of anilines is 1. The number of hydrogen-bond acceptors (Lipinski definition) is 3. The van der Waals surface area contributed by atoms with Crippen LogP contribution in [-0.4, -0.2) is 11.5 Å². The monoisotopic (exact) mass is 359 g/mol. The predicted molar refractivity (Wildman–Crippen MR) is 98.6 cm³/mol. The highest BCUT2D eigenvalue weighted by Crippen LogP contribution is 2.43. The fourth-order valence-electron chi connectivity index (χ4n) is 2.79. The van der Waals surface area contributed by atoms with Crippen LogP contribution in [0.3, 0.4) is 0 Å². The Bertz CT molecular complexity index is 796. The molecule has 1 atom stereocenters. The lowest BCUT2D eigenvalue weighted by Gasteiger charge is -2.30. The summed E-state index contributed by atoms with van der Waals surface area (Å²) in [4.78, 5) is 24.3. The molecule has 1 N–H and O–H groups in total. The zero-order valence-electron chi connectivity index (χ0n) is 14.9. The molecule has 1 amide bonds. The van der Waals surface area contributed by atoms with Crippen LogP contribution < -0.4 is 5.32 Å². The molecule has 0 spiro atoms. The number of carbonyl (C=O) groups is 1. The molecular formula is C20H22ClNO3. The average molecular weight is 360 g/mol. The summed E-state index contributed by atoms with van der Waals surface area (Å²) in [6, 6.07) is 13.3. The van der Waals surface area contributed by atoms with Gasteiger partial charge in [-0.1, -0.05) is 47.5 Å². The van der Waals surface area contributed by atoms with Crippen molar-refractivity contribution in [1.29, 1.82) is 0 Å². The summed E-state index contributed by atoms with van der Waals surface area (Å²) >= 11 is 6.07. The van der Waals surface area contributed by atoms with E-state index in [1.807, 2.05) is 58.0 Å². The van der Waals surface area contributed by atoms with Gasteiger partial charge in [0.05, 0.1) is 5.60 Å². The van der Waals surface area contributed by atoms with Crippen LogP contribution in [0, 0.1) is 6.92 Å². The van der Waals surface area contributed by atoms with Gasteiger partial charge >= 0.3 is 0 Å². The molecule has 1 heterocycles. The number of benzene rings is 2. The van der Waals surface area contributed by atoms with E-state index in [2.05, 4.69) is 5.32 Å². The van der Waals surface area contributed by atoms with Gasteiger partial charge in [-0.15, -0.1) is 0 Å². The highest BCUT2D eigenvalue weighted by Gasteiger charge is 2.50. The molecule has 0 fully saturated rings. The van der Waals surface area contributed by atoms with Crippen LogP contribution >= 0.6 is 11.6 Å². The van der Waals surface area contributed by atoms with Crippen molar-refractivity contribution in [3.05, 3.63) is 64.2 Å². The number of carbonyl (C=O) groups excluding carboxylic acids is 1. The van der Waals surface area contributed by atoms with E-state index in [1.54, 1.807) is 12.1 Å². The lowest BCUT2D eigenvalue weighted by atomic mass is 9.88. The van der Waals surface area contributed by atoms with Crippen LogP contribution in [0.2, 0.25) is 5.02 Å². The van der Waals surface area contributed by atoms with Gasteiger partial charge in [-0.3, -0.25) is 4.79 Å². The topological polar surface area (TPSA) is 47.6 Å². The van der Waals surface area contributed by atoms with Gasteiger partial charge in [0, 0.05) is 22.7 Å². The van der Waals surface area contributed by atoms with E-state index in [0.29, 0.717) is 17.1 Å². The van der Waals surface area contributed by atoms with Gasteiger partial charge < -0.3 is 5.32 Å². The number of rotatable bonds is 4. The van der Waals surface area contributed by atoms with Gasteiger partial charge in [-0.05, 0) is 45.4 Å². The number of halogens is 1. The third-order valence-corrected chi connectivity index (χ3v) is 4.27. The van der Waals surface area contributed by atoms with Crippen LogP contribution in [0.1, 0.15) is 37.5 Å². The van der Waals surface area contributed by atoms with E-state index >= 15 is 0 Å². The maximum absolute atomic E-state index is 12.9. The van der Waals surface area contributed by atoms with E-state index in [0.717, 1.165) is 16.7 Å². The van der Waals surface area contributed by atoms with E-state index in [4.69, 9.17) is 21.4 Å². The first-order chi connectivity index (χ1) is 11.7. The summed E-state index contributed by atoms with van der Waals surface area (Å²) in [7, 11) is 0. The minimum absolute atomic E-state index is 0.255. The first kappa shape index (κ1) is 17.9. The SMILES string of the molecule is Cc1ccc(CC2(OOC(C)(C)C)C(=O)Nc3cc(Cl)ccc32)cc1. The summed E-state index contributed by atoms with van der Waals surface area (Å²) < 4.78 is 0. The highest BCUT2D eigenvalue weighted by atomic mass is 35.5. The third-order valence-electron chi connectivity index (χ3n) is 4.04. The smallest absolute Gasteiger partial charge is 0.265 e. The molecule has 2 aromatic rings. The van der Waals surface area contributed by atoms with Crippen molar-refractivity contribution in [2.45, 2.75) is 45.3 Å². The van der Waals surface area contributed by atoms with Crippen molar-refractivity contribution in [3.8, 4) is 0 Å². The Labute approximate surface area is 153 Å². The number of fused-ring (bicyclic) bond motifs is 1. The Morgan fingerprint density at radius 3 is 2.44 bits per heavy atom. The largest absolute Gasteiger partial charge is 0.323 e. The number of hydrogen-bond donors (Lipinski definition) is 1. The Hall–Kier alpha value is -1.88. The van der Waals surface area contributed by atoms with Crippen molar-refractivity contribution in [1.82, 2.24) is 0 Å². The molecule has 0 aliphatic carbocycles. The zero-order chi connectivity index (χ0) is 18.2. The van der Waals surface area contributed by atoms with Crippen LogP contribution in [0.5, 0.6) is 0 Å². The maximum atomic E-state index is 12.9. The van der Waals surface area contributed by atoms with Crippen molar-refractivity contribution in [2.24, 2.45) is 0 Å². The molecule has 5 heteroatoms. The molecule has 25 heavy (non-hydrogen) atoms. The lowest BCUT2D eigenvalue weighted by Crippen LogP contribution is -2.41. The molecule has 0 saturated carbocycles. The van der Waals surface area contributed by atoms with Crippen LogP contribution in [-0.2, 0) is 26.6 Å². The van der Waals surface area contributed by atoms with Crippen molar-refractivity contribution in [3.63, 3.8) is 0 Å². The summed E-state index contributed by atoms with van der Waals surface area (Å²) in [6.45, 7) is 7.66. The number of nitrogens with one attached hydrogen (secondary N) is 1. The van der Waals surface area contributed by atoms with E-state index < -0.39 is 11.2 Å². The fraction of sp³-hybridized carbons (Fsp3) is 0.350. The molecular weight excluding hydrogens is 338 g/mol. The first-order valence-corrected chi connectivity index (χ1v) is 8.61. The van der Waals surface area contributed by atoms with Crippen LogP contribution in [0.4, 0.5) is 5.69 Å². The second-order valence-corrected chi connectivity index (χ2v) is 7.85. The van der Waals surface area contributed by atoms with E-state index in [-0.39, 0.29) is 5.91 Å². The highest BCUT2D eigenvalue weighted by molar-refractivity contribution is 6.31. The summed E-state index contributed by atoms with van der Waals surface area (Å²) in [6.07, 6.45) is 0.365. The molecule has 1 aliphatic heterocycles. The first-order valence-electron chi connectivity index (χ1n) is 8.23. The zero-order valence-corrected chi connectivity index (χ0v) is 15.6. The molecule has 2 aromatic carbocycles. The summed E-state index contributed by atoms with van der Waals surface area (Å²) in [5.41, 5.74) is 1.74. The molecule has 0 saturated heterocycles. The minimum atomic E-state index is -1.25. The van der Waals surface area contributed by atoms with Gasteiger partial charge in [0.2, 0.25) is 5.60 Å². The standard InChI is InChI=1S/C20H22ClNO3/c1-13-5-7-14(8-6-13)12-20(25-24-19(2,3)4)16-10-9-15(21)11-17(16)22-18(20)23/h5-11H,12H2,1-4H3,(H,22,23). The fourth-order valence-corrected chi connectivity index (χ4v) is 2.97. The van der Waals surface area contributed by atoms with Gasteiger partial charge in [0.1, 0.15) is 0 Å². The van der Waals surface area contributed by atoms with E-state index in [9.17, 15) is 4.79 Å². The van der Waals surface area contributed by atoms with Crippen molar-refractivity contribution >= 4 is 23.2 Å². The second kappa shape index (κ2) is 6.45. The van der Waals surface area contributed by atoms with Crippen molar-refractivity contribution < 1.29 is 14.6 Å².